The van der Waals surface area contributed by atoms with Gasteiger partial charge in [0, 0.05) is 52.1 Å². The second kappa shape index (κ2) is 88.5. The minimum Gasteiger partial charge on any atom is -0.460 e. The molecule has 0 aliphatic carbocycles. The van der Waals surface area contributed by atoms with Gasteiger partial charge in [0.2, 0.25) is 0 Å². The predicted molar refractivity (Wildman–Crippen MR) is 435 cm³/mol. The molecular formula is C88H170O19. The van der Waals surface area contributed by atoms with E-state index < -0.39 is 12.2 Å². The fraction of sp³-hybridized carbons (Fsp3) is 0.909. The minimum atomic E-state index is -0.645. The summed E-state index contributed by atoms with van der Waals surface area (Å²) in [6, 6.07) is 0. The average molecular weight is 1530 g/mol. The summed E-state index contributed by atoms with van der Waals surface area (Å²) in [4.78, 5) is 46.3. The van der Waals surface area contributed by atoms with E-state index in [-0.39, 0.29) is 81.3 Å². The lowest BCUT2D eigenvalue weighted by molar-refractivity contribution is -0.152. The van der Waals surface area contributed by atoms with Gasteiger partial charge in [-0.1, -0.05) is 257 Å². The van der Waals surface area contributed by atoms with Gasteiger partial charge >= 0.3 is 23.9 Å². The molecule has 636 valence electrons. The molecule has 0 aromatic heterocycles. The molecule has 0 radical (unpaired) electrons. The van der Waals surface area contributed by atoms with E-state index in [0.29, 0.717) is 96.2 Å². The highest BCUT2D eigenvalue weighted by atomic mass is 16.6. The molecule has 19 nitrogen and oxygen atoms in total. The van der Waals surface area contributed by atoms with E-state index in [0.717, 1.165) is 167 Å². The predicted octanol–water partition coefficient (Wildman–Crippen LogP) is 18.6. The first kappa shape index (κ1) is 108. The van der Waals surface area contributed by atoms with Crippen LogP contribution in [0, 0.1) is 0 Å². The molecule has 0 spiro atoms. The van der Waals surface area contributed by atoms with Crippen LogP contribution in [0.1, 0.15) is 413 Å². The smallest absolute Gasteiger partial charge is 0.306 e. The highest BCUT2D eigenvalue weighted by Gasteiger charge is 2.37. The van der Waals surface area contributed by atoms with Crippen molar-refractivity contribution in [2.45, 2.75) is 462 Å². The van der Waals surface area contributed by atoms with Crippen molar-refractivity contribution in [3.63, 3.8) is 0 Å². The van der Waals surface area contributed by atoms with Crippen molar-refractivity contribution in [3.8, 4) is 0 Å². The van der Waals surface area contributed by atoms with Crippen molar-refractivity contribution in [1.82, 2.24) is 0 Å². The second-order valence-electron chi connectivity index (χ2n) is 29.9. The lowest BCUT2D eigenvalue weighted by Crippen LogP contribution is -2.25. The maximum atomic E-state index is 11.6. The van der Waals surface area contributed by atoms with Crippen LogP contribution in [0.2, 0.25) is 0 Å². The fourth-order valence-electron chi connectivity index (χ4n) is 12.4. The molecule has 8 unspecified atom stereocenters. The summed E-state index contributed by atoms with van der Waals surface area (Å²) in [6.07, 6.45) is 69.5. The summed E-state index contributed by atoms with van der Waals surface area (Å²) in [5, 5.41) is 90.9. The van der Waals surface area contributed by atoms with E-state index in [1.54, 1.807) is 0 Å². The van der Waals surface area contributed by atoms with Crippen LogP contribution in [-0.4, -0.2) is 177 Å². The third kappa shape index (κ3) is 82.2. The largest absolute Gasteiger partial charge is 0.460 e. The topological polar surface area (TPSA) is 320 Å². The monoisotopic (exact) mass is 1530 g/mol. The summed E-state index contributed by atoms with van der Waals surface area (Å²) in [7, 11) is 0. The maximum absolute atomic E-state index is 11.6. The highest BCUT2D eigenvalue weighted by Crippen LogP contribution is 2.32. The minimum absolute atomic E-state index is 0.0830. The van der Waals surface area contributed by atoms with E-state index in [1.807, 2.05) is 27.7 Å². The average Bonchev–Trinajstić information content (AvgIpc) is 1.71. The van der Waals surface area contributed by atoms with Crippen LogP contribution in [-0.2, 0) is 42.9 Å². The molecule has 1 saturated heterocycles. The molecule has 1 fully saturated rings. The molecule has 0 aromatic rings. The van der Waals surface area contributed by atoms with Gasteiger partial charge in [-0.25, -0.2) is 0 Å². The van der Waals surface area contributed by atoms with E-state index in [2.05, 4.69) is 24.3 Å². The Kier molecular flexibility index (Phi) is 89.4. The Morgan fingerprint density at radius 3 is 0.664 bits per heavy atom. The number of esters is 4. The zero-order valence-electron chi connectivity index (χ0n) is 69.2. The molecule has 10 N–H and O–H groups in total. The Morgan fingerprint density at radius 2 is 0.458 bits per heavy atom. The molecule has 19 heteroatoms. The number of ether oxygens (including phenoxy) is 5. The molecule has 0 saturated carbocycles. The fourth-order valence-corrected chi connectivity index (χ4v) is 12.4. The van der Waals surface area contributed by atoms with E-state index >= 15 is 0 Å². The van der Waals surface area contributed by atoms with Crippen LogP contribution >= 0.6 is 0 Å². The third-order valence-corrected chi connectivity index (χ3v) is 19.9. The lowest BCUT2D eigenvalue weighted by Gasteiger charge is -2.17. The van der Waals surface area contributed by atoms with Crippen LogP contribution in [0.25, 0.3) is 0 Å². The summed E-state index contributed by atoms with van der Waals surface area (Å²) < 4.78 is 26.4. The first-order valence-electron chi connectivity index (χ1n) is 44.2. The van der Waals surface area contributed by atoms with Crippen molar-refractivity contribution in [3.05, 3.63) is 24.3 Å². The van der Waals surface area contributed by atoms with Crippen LogP contribution < -0.4 is 0 Å². The van der Waals surface area contributed by atoms with Crippen molar-refractivity contribution in [1.29, 1.82) is 0 Å². The number of hydrogen-bond donors (Lipinski definition) is 10. The standard InChI is InChI=1S/C22H44O6.C22H42O5.2C22H42O4/c1-2-19(18-24)28-22(27)16-12-8-5-7-11-15-21(26)20(25)14-10-6-3-4-9-13-17-23;1-2-19(18-24)26-22(25)16-12-8-5-7-11-15-21-20(27-21)14-10-6-3-4-9-13-17-23;2*1-2-21(20-24)26-22(25)18-16-14-12-10-8-6-4-3-5-7-9-11-13-15-17-19-23/h19-21,23-26H,2-18H2,1H3;19-21,23-24H,2-18H2,1H3;2*3-4,21,23-24H,2,5-20H2,1H3/b;;4-3+;4-3-. The number of aliphatic hydroxyl groups excluding tert-OH is 10. The third-order valence-electron chi connectivity index (χ3n) is 19.9. The molecule has 0 aromatic carbocycles. The molecule has 107 heavy (non-hydrogen) atoms. The number of epoxide rings is 1. The normalized spacial score (nSPS) is 14.9. The molecule has 8 atom stereocenters. The van der Waals surface area contributed by atoms with Crippen molar-refractivity contribution in [2.75, 3.05) is 52.9 Å². The zero-order valence-corrected chi connectivity index (χ0v) is 69.2. The van der Waals surface area contributed by atoms with Crippen molar-refractivity contribution >= 4 is 23.9 Å². The SMILES string of the molecule is CCC(CO)OC(=O)CCCCCCC/C=C/CCCCCCCCO.CCC(CO)OC(=O)CCCCCCC/C=C\CCCCCCCCO.CCC(CO)OC(=O)CCCCCCCC(O)C(O)CCCCCCCCO.CCC(CO)OC(=O)CCCCCCCC1OC1CCCCCCCCO. The summed E-state index contributed by atoms with van der Waals surface area (Å²) in [6.45, 7) is 8.48. The molecule has 1 rings (SSSR count). The van der Waals surface area contributed by atoms with Gasteiger partial charge < -0.3 is 74.7 Å². The molecule has 1 heterocycles. The second-order valence-corrected chi connectivity index (χ2v) is 29.9. The summed E-state index contributed by atoms with van der Waals surface area (Å²) >= 11 is 0. The number of carbonyl (C=O) groups is 4. The van der Waals surface area contributed by atoms with E-state index in [1.165, 1.54) is 154 Å². The van der Waals surface area contributed by atoms with Crippen molar-refractivity contribution < 1.29 is 93.9 Å². The summed E-state index contributed by atoms with van der Waals surface area (Å²) in [5.41, 5.74) is 0. The number of hydrogen-bond acceptors (Lipinski definition) is 19. The zero-order chi connectivity index (χ0) is 79.4. The number of unbranched alkanes of at least 4 members (excludes halogenated alkanes) is 40. The quantitative estimate of drug-likeness (QED) is 0.00889. The van der Waals surface area contributed by atoms with Crippen LogP contribution in [0.3, 0.4) is 0 Å². The first-order valence-corrected chi connectivity index (χ1v) is 44.2. The number of rotatable bonds is 77. The first-order chi connectivity index (χ1) is 52.2. The van der Waals surface area contributed by atoms with Gasteiger partial charge in [0.1, 0.15) is 24.4 Å². The van der Waals surface area contributed by atoms with E-state index in [9.17, 15) is 29.4 Å². The Morgan fingerprint density at radius 1 is 0.271 bits per heavy atom. The van der Waals surface area contributed by atoms with Gasteiger partial charge in [-0.3, -0.25) is 19.2 Å². The van der Waals surface area contributed by atoms with E-state index in [4.69, 9.17) is 64.5 Å². The van der Waals surface area contributed by atoms with Gasteiger partial charge in [-0.05, 0) is 154 Å². The lowest BCUT2D eigenvalue weighted by atomic mass is 9.99. The Hall–Kier alpha value is -3.08. The van der Waals surface area contributed by atoms with Gasteiger partial charge in [0.15, 0.2) is 0 Å². The Balaban J connectivity index is -0.00000135. The van der Waals surface area contributed by atoms with Gasteiger partial charge in [-0.2, -0.15) is 0 Å². The molecule has 1 aliphatic heterocycles. The van der Waals surface area contributed by atoms with Gasteiger partial charge in [0.25, 0.3) is 0 Å². The maximum Gasteiger partial charge on any atom is 0.306 e. The van der Waals surface area contributed by atoms with Gasteiger partial charge in [0.05, 0.1) is 50.8 Å². The molecule has 0 bridgehead atoms. The Bertz CT molecular complexity index is 1810. The number of aliphatic hydroxyl groups is 10. The van der Waals surface area contributed by atoms with Crippen molar-refractivity contribution in [2.24, 2.45) is 0 Å². The van der Waals surface area contributed by atoms with Gasteiger partial charge in [-0.15, -0.1) is 0 Å². The summed E-state index contributed by atoms with van der Waals surface area (Å²) in [5.74, 6) is -0.782. The van der Waals surface area contributed by atoms with Crippen LogP contribution in [0.4, 0.5) is 0 Å². The highest BCUT2D eigenvalue weighted by molar-refractivity contribution is 5.70. The molecule has 1 aliphatic rings. The van der Waals surface area contributed by atoms with Crippen LogP contribution in [0.15, 0.2) is 24.3 Å². The Labute approximate surface area is 653 Å². The molecular weight excluding hydrogens is 1360 g/mol. The van der Waals surface area contributed by atoms with Crippen LogP contribution in [0.5, 0.6) is 0 Å². The number of allylic oxidation sites excluding steroid dienone is 4. The molecule has 0 amide bonds. The number of carbonyl (C=O) groups excluding carboxylic acids is 4.